The molecular formula is C23H34ClN3O3S. The number of thioether (sulfide) groups is 1. The van der Waals surface area contributed by atoms with Crippen molar-refractivity contribution in [2.75, 3.05) is 45.1 Å². The van der Waals surface area contributed by atoms with Gasteiger partial charge in [0.25, 0.3) is 5.91 Å². The first kappa shape index (κ1) is 24.4. The summed E-state index contributed by atoms with van der Waals surface area (Å²) in [6.07, 6.45) is 5.10. The zero-order chi connectivity index (χ0) is 22.1. The van der Waals surface area contributed by atoms with Crippen molar-refractivity contribution in [3.63, 3.8) is 0 Å². The van der Waals surface area contributed by atoms with Crippen molar-refractivity contribution in [3.8, 4) is 0 Å². The van der Waals surface area contributed by atoms with Crippen LogP contribution in [-0.2, 0) is 9.53 Å². The van der Waals surface area contributed by atoms with Crippen LogP contribution in [0.4, 0.5) is 0 Å². The molecular weight excluding hydrogens is 434 g/mol. The van der Waals surface area contributed by atoms with Crippen molar-refractivity contribution in [2.24, 2.45) is 0 Å². The summed E-state index contributed by atoms with van der Waals surface area (Å²) in [5.74, 6) is 0.417. The first-order chi connectivity index (χ1) is 15.1. The third-order valence-corrected chi connectivity index (χ3v) is 7.53. The molecule has 0 saturated carbocycles. The maximum atomic E-state index is 13.4. The van der Waals surface area contributed by atoms with E-state index in [-0.39, 0.29) is 17.2 Å². The summed E-state index contributed by atoms with van der Waals surface area (Å²) >= 11 is 8.01. The van der Waals surface area contributed by atoms with E-state index >= 15 is 0 Å². The molecule has 31 heavy (non-hydrogen) atoms. The lowest BCUT2D eigenvalue weighted by atomic mass is 10.1. The van der Waals surface area contributed by atoms with E-state index in [1.165, 1.54) is 0 Å². The van der Waals surface area contributed by atoms with Crippen LogP contribution in [0.5, 0.6) is 0 Å². The van der Waals surface area contributed by atoms with E-state index in [0.29, 0.717) is 22.9 Å². The van der Waals surface area contributed by atoms with Gasteiger partial charge in [0.15, 0.2) is 0 Å². The first-order valence-electron chi connectivity index (χ1n) is 11.4. The third-order valence-electron chi connectivity index (χ3n) is 5.84. The second kappa shape index (κ2) is 12.7. The Balaban J connectivity index is 1.60. The van der Waals surface area contributed by atoms with Crippen molar-refractivity contribution < 1.29 is 14.3 Å². The van der Waals surface area contributed by atoms with E-state index in [9.17, 15) is 9.59 Å². The van der Waals surface area contributed by atoms with Crippen LogP contribution < -0.4 is 5.32 Å². The summed E-state index contributed by atoms with van der Waals surface area (Å²) in [6.45, 7) is 7.20. The van der Waals surface area contributed by atoms with Gasteiger partial charge in [-0.15, -0.1) is 11.8 Å². The van der Waals surface area contributed by atoms with E-state index < -0.39 is 6.04 Å². The molecule has 3 rings (SSSR count). The van der Waals surface area contributed by atoms with Gasteiger partial charge in [-0.25, -0.2) is 0 Å². The second-order valence-electron chi connectivity index (χ2n) is 8.09. The zero-order valence-corrected chi connectivity index (χ0v) is 19.9. The molecule has 1 aromatic rings. The minimum Gasteiger partial charge on any atom is -0.379 e. The molecule has 2 heterocycles. The van der Waals surface area contributed by atoms with Crippen molar-refractivity contribution in [1.82, 2.24) is 15.1 Å². The van der Waals surface area contributed by atoms with Crippen molar-refractivity contribution in [1.29, 1.82) is 0 Å². The first-order valence-corrected chi connectivity index (χ1v) is 12.8. The van der Waals surface area contributed by atoms with Crippen molar-refractivity contribution in [3.05, 3.63) is 34.9 Å². The van der Waals surface area contributed by atoms with Gasteiger partial charge in [-0.3, -0.25) is 14.5 Å². The number of nitrogens with one attached hydrogen (secondary N) is 1. The highest BCUT2D eigenvalue weighted by Crippen LogP contribution is 2.35. The Kier molecular flexibility index (Phi) is 9.96. The summed E-state index contributed by atoms with van der Waals surface area (Å²) in [5.41, 5.74) is 0.470. The number of carbonyl (C=O) groups is 2. The molecule has 0 aliphatic carbocycles. The molecule has 2 saturated heterocycles. The average molecular weight is 468 g/mol. The van der Waals surface area contributed by atoms with Crippen LogP contribution in [0.15, 0.2) is 24.3 Å². The monoisotopic (exact) mass is 467 g/mol. The highest BCUT2D eigenvalue weighted by atomic mass is 35.5. The van der Waals surface area contributed by atoms with E-state index in [1.807, 2.05) is 12.1 Å². The highest BCUT2D eigenvalue weighted by molar-refractivity contribution is 8.00. The minimum atomic E-state index is -0.455. The predicted octanol–water partition coefficient (Wildman–Crippen LogP) is 3.64. The number of ether oxygens (including phenoxy) is 1. The Morgan fingerprint density at radius 3 is 2.71 bits per heavy atom. The lowest BCUT2D eigenvalue weighted by Gasteiger charge is -2.29. The second-order valence-corrected chi connectivity index (χ2v) is 9.71. The topological polar surface area (TPSA) is 61.9 Å². The quantitative estimate of drug-likeness (QED) is 0.532. The van der Waals surface area contributed by atoms with Gasteiger partial charge in [0, 0.05) is 25.4 Å². The van der Waals surface area contributed by atoms with Crippen LogP contribution in [0.1, 0.15) is 49.4 Å². The number of unbranched alkanes of at least 4 members (excludes halogenated alkanes) is 2. The number of morpholine rings is 1. The molecule has 2 aliphatic rings. The molecule has 2 aliphatic heterocycles. The maximum absolute atomic E-state index is 13.4. The normalized spacial score (nSPS) is 21.9. The molecule has 0 radical (unpaired) electrons. The Bertz CT molecular complexity index is 730. The lowest BCUT2D eigenvalue weighted by molar-refractivity contribution is -0.124. The molecule has 2 fully saturated rings. The van der Waals surface area contributed by atoms with Crippen LogP contribution in [0.3, 0.4) is 0 Å². The molecule has 8 heteroatoms. The molecule has 1 N–H and O–H groups in total. The summed E-state index contributed by atoms with van der Waals surface area (Å²) in [5, 5.41) is 3.51. The largest absolute Gasteiger partial charge is 0.379 e. The molecule has 2 unspecified atom stereocenters. The van der Waals surface area contributed by atoms with Crippen LogP contribution in [-0.4, -0.2) is 78.2 Å². The summed E-state index contributed by atoms with van der Waals surface area (Å²) in [4.78, 5) is 30.5. The van der Waals surface area contributed by atoms with Gasteiger partial charge in [0.2, 0.25) is 5.91 Å². The summed E-state index contributed by atoms with van der Waals surface area (Å²) in [7, 11) is 0. The number of benzene rings is 1. The van der Waals surface area contributed by atoms with E-state index in [2.05, 4.69) is 17.1 Å². The van der Waals surface area contributed by atoms with Crippen molar-refractivity contribution in [2.45, 2.75) is 50.4 Å². The van der Waals surface area contributed by atoms with E-state index in [0.717, 1.165) is 65.0 Å². The van der Waals surface area contributed by atoms with Gasteiger partial charge < -0.3 is 15.0 Å². The Morgan fingerprint density at radius 2 is 1.97 bits per heavy atom. The summed E-state index contributed by atoms with van der Waals surface area (Å²) < 4.78 is 5.38. The SMILES string of the molecule is CCCCCC1SCC(C(=O)NCCCN2CCOCC2)N1C(=O)c1ccccc1Cl. The van der Waals surface area contributed by atoms with Crippen LogP contribution in [0.2, 0.25) is 5.02 Å². The number of amides is 2. The van der Waals surface area contributed by atoms with Gasteiger partial charge in [0.05, 0.1) is 29.2 Å². The molecule has 0 aromatic heterocycles. The number of nitrogens with zero attached hydrogens (tertiary/aromatic N) is 2. The zero-order valence-electron chi connectivity index (χ0n) is 18.4. The molecule has 2 amide bonds. The summed E-state index contributed by atoms with van der Waals surface area (Å²) in [6, 6.07) is 6.65. The fourth-order valence-corrected chi connectivity index (χ4v) is 5.73. The van der Waals surface area contributed by atoms with Crippen LogP contribution in [0.25, 0.3) is 0 Å². The van der Waals surface area contributed by atoms with Gasteiger partial charge >= 0.3 is 0 Å². The van der Waals surface area contributed by atoms with Gasteiger partial charge in [-0.1, -0.05) is 49.9 Å². The molecule has 6 nitrogen and oxygen atoms in total. The molecule has 172 valence electrons. The minimum absolute atomic E-state index is 0.0134. The lowest BCUT2D eigenvalue weighted by Crippen LogP contribution is -2.50. The molecule has 1 aromatic carbocycles. The Morgan fingerprint density at radius 1 is 1.19 bits per heavy atom. The van der Waals surface area contributed by atoms with Gasteiger partial charge in [-0.2, -0.15) is 0 Å². The van der Waals surface area contributed by atoms with Crippen molar-refractivity contribution >= 4 is 35.2 Å². The maximum Gasteiger partial charge on any atom is 0.256 e. The number of carbonyl (C=O) groups excluding carboxylic acids is 2. The number of hydrogen-bond acceptors (Lipinski definition) is 5. The number of hydrogen-bond donors (Lipinski definition) is 1. The van der Waals surface area contributed by atoms with Gasteiger partial charge in [-0.05, 0) is 31.5 Å². The molecule has 0 bridgehead atoms. The highest BCUT2D eigenvalue weighted by Gasteiger charge is 2.41. The fourth-order valence-electron chi connectivity index (χ4n) is 4.06. The van der Waals surface area contributed by atoms with E-state index in [1.54, 1.807) is 28.8 Å². The molecule has 2 atom stereocenters. The number of halogens is 1. The average Bonchev–Trinajstić information content (AvgIpc) is 3.21. The predicted molar refractivity (Wildman–Crippen MR) is 127 cm³/mol. The Labute approximate surface area is 195 Å². The van der Waals surface area contributed by atoms with Crippen LogP contribution >= 0.6 is 23.4 Å². The number of rotatable bonds is 10. The van der Waals surface area contributed by atoms with E-state index in [4.69, 9.17) is 16.3 Å². The fraction of sp³-hybridized carbons (Fsp3) is 0.652. The third kappa shape index (κ3) is 6.85. The smallest absolute Gasteiger partial charge is 0.256 e. The molecule has 0 spiro atoms. The van der Waals surface area contributed by atoms with Crippen LogP contribution in [0, 0.1) is 0 Å². The Hall–Kier alpha value is -1.28. The standard InChI is InChI=1S/C23H34ClN3O3S/c1-2-3-4-10-21-27(23(29)18-8-5-6-9-19(18)24)20(17-31-21)22(28)25-11-7-12-26-13-15-30-16-14-26/h5-6,8-9,20-21H,2-4,7,10-17H2,1H3,(H,25,28). The van der Waals surface area contributed by atoms with Gasteiger partial charge in [0.1, 0.15) is 6.04 Å².